The van der Waals surface area contributed by atoms with Crippen molar-refractivity contribution in [2.24, 2.45) is 0 Å². The highest BCUT2D eigenvalue weighted by atomic mass is 32.2. The van der Waals surface area contributed by atoms with Gasteiger partial charge in [-0.05, 0) is 37.5 Å². The third kappa shape index (κ3) is 5.41. The van der Waals surface area contributed by atoms with Gasteiger partial charge in [0.1, 0.15) is 5.75 Å². The molecule has 1 aromatic heterocycles. The number of alkyl halides is 2. The van der Waals surface area contributed by atoms with Crippen molar-refractivity contribution in [2.75, 3.05) is 11.5 Å². The Balaban J connectivity index is 1.61. The van der Waals surface area contributed by atoms with Gasteiger partial charge in [-0.1, -0.05) is 42.5 Å². The van der Waals surface area contributed by atoms with E-state index < -0.39 is 34.2 Å². The van der Waals surface area contributed by atoms with Crippen LogP contribution in [0.4, 0.5) is 8.78 Å². The van der Waals surface area contributed by atoms with Gasteiger partial charge in [0.05, 0.1) is 16.8 Å². The molecule has 9 heteroatoms. The standard InChI is InChI=1S/C21H22F2N2O4S/c1-15(20-24-17-11-5-6-12-18(17)25(20)21(22)23)29-19(26)14-30(27,28)13-7-10-16-8-3-2-4-9-16/h2-6,8-9,11-12,15,21H,7,10,13-14H2,1H3. The van der Waals surface area contributed by atoms with Crippen LogP contribution >= 0.6 is 0 Å². The Hall–Kier alpha value is -2.81. The smallest absolute Gasteiger partial charge is 0.321 e. The first-order valence-electron chi connectivity index (χ1n) is 9.45. The highest BCUT2D eigenvalue weighted by molar-refractivity contribution is 7.92. The molecule has 1 heterocycles. The van der Waals surface area contributed by atoms with Gasteiger partial charge in [0.25, 0.3) is 0 Å². The first kappa shape index (κ1) is 21.9. The Morgan fingerprint density at radius 2 is 1.77 bits per heavy atom. The number of esters is 1. The number of fused-ring (bicyclic) bond motifs is 1. The molecule has 0 fully saturated rings. The molecule has 0 spiro atoms. The summed E-state index contributed by atoms with van der Waals surface area (Å²) in [7, 11) is -3.68. The van der Waals surface area contributed by atoms with Crippen LogP contribution in [-0.2, 0) is 25.8 Å². The van der Waals surface area contributed by atoms with E-state index in [1.54, 1.807) is 18.2 Å². The fraction of sp³-hybridized carbons (Fsp3) is 0.333. The second-order valence-corrected chi connectivity index (χ2v) is 9.10. The second-order valence-electron chi connectivity index (χ2n) is 6.92. The molecule has 6 nitrogen and oxygen atoms in total. The minimum Gasteiger partial charge on any atom is -0.454 e. The van der Waals surface area contributed by atoms with Gasteiger partial charge in [0.2, 0.25) is 0 Å². The minimum atomic E-state index is -3.68. The number of rotatable bonds is 9. The van der Waals surface area contributed by atoms with E-state index in [2.05, 4.69) is 4.98 Å². The lowest BCUT2D eigenvalue weighted by Gasteiger charge is -2.15. The SMILES string of the molecule is CC(OC(=O)CS(=O)(=O)CCCc1ccccc1)c1nc2ccccc2n1C(F)F. The Kier molecular flexibility index (Phi) is 6.81. The normalized spacial score (nSPS) is 12.9. The number of hydrogen-bond acceptors (Lipinski definition) is 5. The first-order chi connectivity index (χ1) is 14.3. The van der Waals surface area contributed by atoms with Crippen LogP contribution in [-0.4, -0.2) is 35.4 Å². The maximum atomic E-state index is 13.5. The van der Waals surface area contributed by atoms with Gasteiger partial charge >= 0.3 is 12.5 Å². The zero-order valence-corrected chi connectivity index (χ0v) is 17.2. The van der Waals surface area contributed by atoms with Crippen molar-refractivity contribution in [1.29, 1.82) is 0 Å². The van der Waals surface area contributed by atoms with Crippen LogP contribution in [0, 0.1) is 0 Å². The highest BCUT2D eigenvalue weighted by Crippen LogP contribution is 2.28. The predicted octanol–water partition coefficient (Wildman–Crippen LogP) is 4.08. The van der Waals surface area contributed by atoms with Crippen LogP contribution in [0.3, 0.4) is 0 Å². The van der Waals surface area contributed by atoms with E-state index in [4.69, 9.17) is 4.74 Å². The topological polar surface area (TPSA) is 78.3 Å². The molecule has 160 valence electrons. The molecule has 0 aliphatic carbocycles. The van der Waals surface area contributed by atoms with Crippen molar-refractivity contribution in [3.05, 3.63) is 66.0 Å². The van der Waals surface area contributed by atoms with E-state index in [1.807, 2.05) is 30.3 Å². The van der Waals surface area contributed by atoms with E-state index in [9.17, 15) is 22.0 Å². The number of benzene rings is 2. The van der Waals surface area contributed by atoms with Crippen molar-refractivity contribution in [2.45, 2.75) is 32.4 Å². The molecule has 1 unspecified atom stereocenters. The van der Waals surface area contributed by atoms with E-state index >= 15 is 0 Å². The highest BCUT2D eigenvalue weighted by Gasteiger charge is 2.26. The van der Waals surface area contributed by atoms with Crippen molar-refractivity contribution in [3.63, 3.8) is 0 Å². The van der Waals surface area contributed by atoms with Crippen LogP contribution in [0.15, 0.2) is 54.6 Å². The second kappa shape index (κ2) is 9.34. The van der Waals surface area contributed by atoms with Gasteiger partial charge in [-0.25, -0.2) is 13.4 Å². The molecule has 0 amide bonds. The maximum absolute atomic E-state index is 13.5. The van der Waals surface area contributed by atoms with Crippen molar-refractivity contribution < 1.29 is 26.7 Å². The number of nitrogens with zero attached hydrogens (tertiary/aromatic N) is 2. The van der Waals surface area contributed by atoms with Crippen LogP contribution in [0.5, 0.6) is 0 Å². The summed E-state index contributed by atoms with van der Waals surface area (Å²) in [5.74, 6) is -2.10. The Bertz CT molecular complexity index is 1110. The lowest BCUT2D eigenvalue weighted by Crippen LogP contribution is -2.23. The summed E-state index contributed by atoms with van der Waals surface area (Å²) in [6.45, 7) is -1.49. The summed E-state index contributed by atoms with van der Waals surface area (Å²) in [5.41, 5.74) is 1.55. The summed E-state index contributed by atoms with van der Waals surface area (Å²) in [6, 6.07) is 15.7. The average Bonchev–Trinajstić information content (AvgIpc) is 3.08. The molecule has 0 bridgehead atoms. The van der Waals surface area contributed by atoms with E-state index in [0.717, 1.165) is 5.56 Å². The molecule has 0 aliphatic rings. The zero-order valence-electron chi connectivity index (χ0n) is 16.4. The maximum Gasteiger partial charge on any atom is 0.321 e. The molecule has 0 saturated heterocycles. The number of sulfone groups is 1. The summed E-state index contributed by atoms with van der Waals surface area (Å²) < 4.78 is 57.3. The Morgan fingerprint density at radius 1 is 1.10 bits per heavy atom. The molecule has 0 radical (unpaired) electrons. The quantitative estimate of drug-likeness (QED) is 0.472. The monoisotopic (exact) mass is 436 g/mol. The molecule has 0 N–H and O–H groups in total. The third-order valence-corrected chi connectivity index (χ3v) is 6.18. The number of carbonyl (C=O) groups is 1. The molecule has 0 saturated carbocycles. The van der Waals surface area contributed by atoms with Crippen LogP contribution in [0.25, 0.3) is 11.0 Å². The summed E-state index contributed by atoms with van der Waals surface area (Å²) in [4.78, 5) is 16.3. The van der Waals surface area contributed by atoms with Crippen molar-refractivity contribution in [1.82, 2.24) is 9.55 Å². The molecular formula is C21H22F2N2O4S. The number of halogens is 2. The number of carbonyl (C=O) groups excluding carboxylic acids is 1. The Labute approximate surface area is 173 Å². The summed E-state index contributed by atoms with van der Waals surface area (Å²) >= 11 is 0. The van der Waals surface area contributed by atoms with E-state index in [1.165, 1.54) is 13.0 Å². The van der Waals surface area contributed by atoms with Crippen molar-refractivity contribution in [3.8, 4) is 0 Å². The minimum absolute atomic E-state index is 0.138. The van der Waals surface area contributed by atoms with Crippen LogP contribution < -0.4 is 0 Å². The van der Waals surface area contributed by atoms with Gasteiger partial charge < -0.3 is 4.74 Å². The molecule has 1 atom stereocenters. The number of aromatic nitrogens is 2. The van der Waals surface area contributed by atoms with Gasteiger partial charge in [-0.2, -0.15) is 8.78 Å². The third-order valence-electron chi connectivity index (χ3n) is 4.59. The molecule has 2 aromatic carbocycles. The lowest BCUT2D eigenvalue weighted by molar-refractivity contribution is -0.146. The summed E-state index contributed by atoms with van der Waals surface area (Å²) in [6.07, 6.45) is -0.182. The largest absolute Gasteiger partial charge is 0.454 e. The molecule has 30 heavy (non-hydrogen) atoms. The van der Waals surface area contributed by atoms with E-state index in [-0.39, 0.29) is 17.1 Å². The number of ether oxygens (including phenoxy) is 1. The number of imidazole rings is 1. The zero-order chi connectivity index (χ0) is 21.7. The average molecular weight is 436 g/mol. The predicted molar refractivity (Wildman–Crippen MR) is 109 cm³/mol. The number of para-hydroxylation sites is 2. The Morgan fingerprint density at radius 3 is 2.47 bits per heavy atom. The van der Waals surface area contributed by atoms with Crippen LogP contribution in [0.2, 0.25) is 0 Å². The van der Waals surface area contributed by atoms with E-state index in [0.29, 0.717) is 22.9 Å². The van der Waals surface area contributed by atoms with Gasteiger partial charge in [0, 0.05) is 0 Å². The van der Waals surface area contributed by atoms with Crippen molar-refractivity contribution >= 4 is 26.8 Å². The van der Waals surface area contributed by atoms with Gasteiger partial charge in [0.15, 0.2) is 21.8 Å². The fourth-order valence-corrected chi connectivity index (χ4v) is 4.39. The van der Waals surface area contributed by atoms with Gasteiger partial charge in [-0.15, -0.1) is 0 Å². The molecular weight excluding hydrogens is 414 g/mol. The summed E-state index contributed by atoms with van der Waals surface area (Å²) in [5, 5.41) is 0. The van der Waals surface area contributed by atoms with Gasteiger partial charge in [-0.3, -0.25) is 9.36 Å². The number of aryl methyl sites for hydroxylation is 1. The lowest BCUT2D eigenvalue weighted by atomic mass is 10.1. The van der Waals surface area contributed by atoms with Crippen LogP contribution in [0.1, 0.15) is 37.4 Å². The molecule has 3 aromatic rings. The number of hydrogen-bond donors (Lipinski definition) is 0. The fourth-order valence-electron chi connectivity index (χ4n) is 3.23. The first-order valence-corrected chi connectivity index (χ1v) is 11.3. The molecule has 3 rings (SSSR count). The molecule has 0 aliphatic heterocycles.